The normalized spacial score (nSPS) is 11.7. The maximum atomic E-state index is 11.2. The number of amides is 1. The van der Waals surface area contributed by atoms with E-state index in [1.807, 2.05) is 6.07 Å². The fourth-order valence-electron chi connectivity index (χ4n) is 0.757. The number of hydrogen-bond acceptors (Lipinski definition) is 3. The minimum absolute atomic E-state index is 0.174. The second-order valence-corrected chi connectivity index (χ2v) is 2.69. The Balaban J connectivity index is 2.40. The molecule has 68 valence electrons. The van der Waals surface area contributed by atoms with Crippen LogP contribution in [-0.2, 0) is 0 Å². The summed E-state index contributed by atoms with van der Waals surface area (Å²) in [5.41, 5.74) is 0. The van der Waals surface area contributed by atoms with Gasteiger partial charge in [-0.25, -0.2) is 9.78 Å². The summed E-state index contributed by atoms with van der Waals surface area (Å²) in [6, 6.07) is 1.76. The molecule has 0 fully saturated rings. The van der Waals surface area contributed by atoms with Crippen molar-refractivity contribution in [1.29, 1.82) is 5.26 Å². The van der Waals surface area contributed by atoms with Gasteiger partial charge in [-0.1, -0.05) is 0 Å². The molecule has 1 aromatic heterocycles. The van der Waals surface area contributed by atoms with Crippen LogP contribution >= 0.6 is 0 Å². The smallest absolute Gasteiger partial charge is 0.326 e. The van der Waals surface area contributed by atoms with Crippen LogP contribution in [0.15, 0.2) is 18.7 Å². The SMILES string of the molecule is CC(C#N)CNC(=O)n1ccnc1. The highest BCUT2D eigenvalue weighted by atomic mass is 16.2. The second-order valence-electron chi connectivity index (χ2n) is 2.69. The zero-order valence-electron chi connectivity index (χ0n) is 7.27. The van der Waals surface area contributed by atoms with Gasteiger partial charge < -0.3 is 5.32 Å². The number of imidazole rings is 1. The van der Waals surface area contributed by atoms with Crippen molar-refractivity contribution in [2.75, 3.05) is 6.54 Å². The molecule has 0 aromatic carbocycles. The lowest BCUT2D eigenvalue weighted by atomic mass is 10.2. The van der Waals surface area contributed by atoms with E-state index in [0.29, 0.717) is 6.54 Å². The van der Waals surface area contributed by atoms with Crippen molar-refractivity contribution in [3.05, 3.63) is 18.7 Å². The Hall–Kier alpha value is -1.83. The summed E-state index contributed by atoms with van der Waals surface area (Å²) in [6.07, 6.45) is 4.48. The number of carbonyl (C=O) groups is 1. The molecule has 1 rings (SSSR count). The first-order chi connectivity index (χ1) is 6.24. The number of carbonyl (C=O) groups excluding carboxylic acids is 1. The summed E-state index contributed by atoms with van der Waals surface area (Å²) in [5, 5.41) is 11.1. The van der Waals surface area contributed by atoms with E-state index in [-0.39, 0.29) is 11.9 Å². The van der Waals surface area contributed by atoms with Gasteiger partial charge in [0.2, 0.25) is 0 Å². The van der Waals surface area contributed by atoms with Gasteiger partial charge in [0, 0.05) is 18.9 Å². The van der Waals surface area contributed by atoms with Gasteiger partial charge in [0.25, 0.3) is 0 Å². The monoisotopic (exact) mass is 178 g/mol. The number of hydrogen-bond donors (Lipinski definition) is 1. The fraction of sp³-hybridized carbons (Fsp3) is 0.375. The lowest BCUT2D eigenvalue weighted by Gasteiger charge is -2.05. The summed E-state index contributed by atoms with van der Waals surface area (Å²) in [4.78, 5) is 15.0. The standard InChI is InChI=1S/C8H10N4O/c1-7(4-9)5-11-8(13)12-3-2-10-6-12/h2-3,6-7H,5H2,1H3,(H,11,13). The Labute approximate surface area is 76.0 Å². The average molecular weight is 178 g/mol. The van der Waals surface area contributed by atoms with E-state index in [1.165, 1.54) is 17.1 Å². The first-order valence-corrected chi connectivity index (χ1v) is 3.90. The van der Waals surface area contributed by atoms with Crippen LogP contribution < -0.4 is 5.32 Å². The third-order valence-corrected chi connectivity index (χ3v) is 1.52. The van der Waals surface area contributed by atoms with Crippen molar-refractivity contribution >= 4 is 6.03 Å². The van der Waals surface area contributed by atoms with Gasteiger partial charge >= 0.3 is 6.03 Å². The van der Waals surface area contributed by atoms with Gasteiger partial charge in [0.05, 0.1) is 12.0 Å². The molecule has 0 bridgehead atoms. The highest BCUT2D eigenvalue weighted by molar-refractivity contribution is 5.76. The minimum Gasteiger partial charge on any atom is -0.336 e. The van der Waals surface area contributed by atoms with Crippen LogP contribution in [0.25, 0.3) is 0 Å². The second kappa shape index (κ2) is 4.26. The van der Waals surface area contributed by atoms with Crippen molar-refractivity contribution in [2.45, 2.75) is 6.92 Å². The number of nitrogens with zero attached hydrogens (tertiary/aromatic N) is 3. The highest BCUT2D eigenvalue weighted by Crippen LogP contribution is 1.89. The maximum absolute atomic E-state index is 11.2. The molecule has 1 N–H and O–H groups in total. The molecule has 0 aliphatic carbocycles. The van der Waals surface area contributed by atoms with E-state index in [0.717, 1.165) is 0 Å². The summed E-state index contributed by atoms with van der Waals surface area (Å²) in [6.45, 7) is 2.10. The molecule has 0 saturated heterocycles. The van der Waals surface area contributed by atoms with Crippen LogP contribution in [0.1, 0.15) is 6.92 Å². The molecule has 0 spiro atoms. The predicted octanol–water partition coefficient (Wildman–Crippen LogP) is 0.600. The van der Waals surface area contributed by atoms with Crippen molar-refractivity contribution in [2.24, 2.45) is 5.92 Å². The fourth-order valence-corrected chi connectivity index (χ4v) is 0.757. The van der Waals surface area contributed by atoms with E-state index in [4.69, 9.17) is 5.26 Å². The lowest BCUT2D eigenvalue weighted by molar-refractivity contribution is 0.241. The molecule has 1 unspecified atom stereocenters. The van der Waals surface area contributed by atoms with Crippen molar-refractivity contribution in [3.8, 4) is 6.07 Å². The van der Waals surface area contributed by atoms with Crippen LogP contribution in [0.2, 0.25) is 0 Å². The largest absolute Gasteiger partial charge is 0.336 e. The van der Waals surface area contributed by atoms with Gasteiger partial charge in [-0.3, -0.25) is 4.57 Å². The molecule has 5 nitrogen and oxygen atoms in total. The summed E-state index contributed by atoms with van der Waals surface area (Å²) in [5.74, 6) is -0.174. The quantitative estimate of drug-likeness (QED) is 0.720. The molecule has 13 heavy (non-hydrogen) atoms. The third kappa shape index (κ3) is 2.60. The van der Waals surface area contributed by atoms with Gasteiger partial charge in [-0.05, 0) is 6.92 Å². The summed E-state index contributed by atoms with van der Waals surface area (Å²) < 4.78 is 1.32. The number of aromatic nitrogens is 2. The minimum atomic E-state index is -0.264. The third-order valence-electron chi connectivity index (χ3n) is 1.52. The van der Waals surface area contributed by atoms with E-state index >= 15 is 0 Å². The lowest BCUT2D eigenvalue weighted by Crippen LogP contribution is -2.31. The van der Waals surface area contributed by atoms with Crippen LogP contribution in [0.3, 0.4) is 0 Å². The number of nitriles is 1. The first-order valence-electron chi connectivity index (χ1n) is 3.90. The first kappa shape index (κ1) is 9.26. The summed E-state index contributed by atoms with van der Waals surface area (Å²) >= 11 is 0. The van der Waals surface area contributed by atoms with Gasteiger partial charge in [0.1, 0.15) is 6.33 Å². The van der Waals surface area contributed by atoms with Gasteiger partial charge in [0.15, 0.2) is 0 Å². The van der Waals surface area contributed by atoms with E-state index in [1.54, 1.807) is 13.1 Å². The number of nitrogens with one attached hydrogen (secondary N) is 1. The number of rotatable bonds is 2. The maximum Gasteiger partial charge on any atom is 0.326 e. The molecule has 5 heteroatoms. The van der Waals surface area contributed by atoms with E-state index < -0.39 is 0 Å². The molecule has 1 aromatic rings. The van der Waals surface area contributed by atoms with Crippen molar-refractivity contribution in [3.63, 3.8) is 0 Å². The zero-order chi connectivity index (χ0) is 9.68. The molecule has 0 aliphatic rings. The zero-order valence-corrected chi connectivity index (χ0v) is 7.27. The van der Waals surface area contributed by atoms with Crippen LogP contribution in [0, 0.1) is 17.2 Å². The van der Waals surface area contributed by atoms with E-state index in [2.05, 4.69) is 10.3 Å². The Kier molecular flexibility index (Phi) is 3.03. The molecule has 1 heterocycles. The van der Waals surface area contributed by atoms with Crippen molar-refractivity contribution in [1.82, 2.24) is 14.9 Å². The Morgan fingerprint density at radius 1 is 1.85 bits per heavy atom. The Morgan fingerprint density at radius 3 is 3.15 bits per heavy atom. The Morgan fingerprint density at radius 2 is 2.62 bits per heavy atom. The Bertz CT molecular complexity index is 311. The highest BCUT2D eigenvalue weighted by Gasteiger charge is 2.04. The predicted molar refractivity (Wildman–Crippen MR) is 45.8 cm³/mol. The molecule has 1 atom stereocenters. The average Bonchev–Trinajstić information content (AvgIpc) is 2.66. The molecule has 0 radical (unpaired) electrons. The molecule has 0 aliphatic heterocycles. The molecular formula is C8H10N4O. The topological polar surface area (TPSA) is 70.7 Å². The van der Waals surface area contributed by atoms with Crippen LogP contribution in [0.5, 0.6) is 0 Å². The molecular weight excluding hydrogens is 168 g/mol. The van der Waals surface area contributed by atoms with Gasteiger partial charge in [-0.15, -0.1) is 0 Å². The van der Waals surface area contributed by atoms with Crippen LogP contribution in [-0.4, -0.2) is 22.1 Å². The molecule has 0 saturated carbocycles. The van der Waals surface area contributed by atoms with Gasteiger partial charge in [-0.2, -0.15) is 5.26 Å². The molecule has 1 amide bonds. The van der Waals surface area contributed by atoms with Crippen molar-refractivity contribution < 1.29 is 4.79 Å². The van der Waals surface area contributed by atoms with Crippen LogP contribution in [0.4, 0.5) is 4.79 Å². The summed E-state index contributed by atoms with van der Waals surface area (Å²) in [7, 11) is 0. The van der Waals surface area contributed by atoms with E-state index in [9.17, 15) is 4.79 Å².